The molecule has 1 fully saturated rings. The summed E-state index contributed by atoms with van der Waals surface area (Å²) in [6.45, 7) is 1.91. The van der Waals surface area contributed by atoms with E-state index in [1.54, 1.807) is 13.1 Å². The van der Waals surface area contributed by atoms with Crippen molar-refractivity contribution in [2.75, 3.05) is 11.9 Å². The van der Waals surface area contributed by atoms with Crippen molar-refractivity contribution in [3.63, 3.8) is 0 Å². The van der Waals surface area contributed by atoms with Gasteiger partial charge in [-0.05, 0) is 38.0 Å². The van der Waals surface area contributed by atoms with Crippen molar-refractivity contribution in [1.29, 1.82) is 0 Å². The van der Waals surface area contributed by atoms with Crippen molar-refractivity contribution in [3.8, 4) is 0 Å². The monoisotopic (exact) mass is 329 g/mol. The second kappa shape index (κ2) is 7.38. The van der Waals surface area contributed by atoms with Crippen LogP contribution in [-0.4, -0.2) is 22.5 Å². The Bertz CT molecular complexity index is 713. The maximum atomic E-state index is 13.4. The van der Waals surface area contributed by atoms with Crippen LogP contribution in [0.2, 0.25) is 0 Å². The predicted molar refractivity (Wildman–Crippen MR) is 88.9 cm³/mol. The Hall–Kier alpha value is -2.50. The molecule has 0 radical (unpaired) electrons. The maximum Gasteiger partial charge on any atom is 0.342 e. The van der Waals surface area contributed by atoms with Gasteiger partial charge in [0.15, 0.2) is 0 Å². The molecule has 1 aliphatic rings. The number of halogens is 1. The summed E-state index contributed by atoms with van der Waals surface area (Å²) in [5.41, 5.74) is 1.86. The number of rotatable bonds is 5. The van der Waals surface area contributed by atoms with E-state index in [9.17, 15) is 9.18 Å². The molecule has 0 spiro atoms. The number of aromatic nitrogens is 2. The molecule has 0 amide bonds. The van der Waals surface area contributed by atoms with Crippen molar-refractivity contribution >= 4 is 17.5 Å². The van der Waals surface area contributed by atoms with E-state index >= 15 is 0 Å². The summed E-state index contributed by atoms with van der Waals surface area (Å²) >= 11 is 0. The van der Waals surface area contributed by atoms with E-state index < -0.39 is 11.8 Å². The summed E-state index contributed by atoms with van der Waals surface area (Å²) in [6, 6.07) is 5.01. The quantitative estimate of drug-likeness (QED) is 0.833. The zero-order chi connectivity index (χ0) is 16.9. The number of carbonyl (C=O) groups is 1. The van der Waals surface area contributed by atoms with E-state index in [-0.39, 0.29) is 18.0 Å². The molecule has 6 heteroatoms. The summed E-state index contributed by atoms with van der Waals surface area (Å²) in [4.78, 5) is 20.4. The molecule has 5 nitrogen and oxygen atoms in total. The third kappa shape index (κ3) is 3.69. The third-order valence-electron chi connectivity index (χ3n) is 4.17. The fraction of sp³-hybridized carbons (Fsp3) is 0.389. The second-order valence-corrected chi connectivity index (χ2v) is 5.85. The van der Waals surface area contributed by atoms with Crippen molar-refractivity contribution in [1.82, 2.24) is 9.97 Å². The summed E-state index contributed by atoms with van der Waals surface area (Å²) in [5.74, 6) is -0.399. The van der Waals surface area contributed by atoms with E-state index in [1.807, 2.05) is 12.1 Å². The van der Waals surface area contributed by atoms with Gasteiger partial charge in [0.2, 0.25) is 0 Å². The molecule has 3 rings (SSSR count). The van der Waals surface area contributed by atoms with Crippen LogP contribution in [0.25, 0.3) is 0 Å². The Morgan fingerprint density at radius 2 is 2.08 bits per heavy atom. The summed E-state index contributed by atoms with van der Waals surface area (Å²) < 4.78 is 18.3. The van der Waals surface area contributed by atoms with E-state index in [1.165, 1.54) is 25.7 Å². The van der Waals surface area contributed by atoms with Crippen LogP contribution < -0.4 is 5.32 Å². The first-order valence-corrected chi connectivity index (χ1v) is 8.23. The van der Waals surface area contributed by atoms with E-state index in [4.69, 9.17) is 4.74 Å². The number of hydrogen-bond donors (Lipinski definition) is 1. The van der Waals surface area contributed by atoms with E-state index in [2.05, 4.69) is 15.3 Å². The number of anilines is 2. The largest absolute Gasteiger partial charge is 0.462 e. The minimum absolute atomic E-state index is 0.0664. The fourth-order valence-electron chi connectivity index (χ4n) is 2.98. The van der Waals surface area contributed by atoms with Gasteiger partial charge in [-0.3, -0.25) is 4.98 Å². The van der Waals surface area contributed by atoms with Crippen molar-refractivity contribution in [2.24, 2.45) is 0 Å². The molecule has 0 saturated heterocycles. The smallest absolute Gasteiger partial charge is 0.342 e. The topological polar surface area (TPSA) is 64.1 Å². The number of nitrogens with one attached hydrogen (secondary N) is 1. The number of nitrogens with zero attached hydrogens (tertiary/aromatic N) is 2. The highest BCUT2D eigenvalue weighted by Crippen LogP contribution is 2.33. The van der Waals surface area contributed by atoms with Crippen LogP contribution in [0.4, 0.5) is 15.9 Å². The Kier molecular flexibility index (Phi) is 5.03. The normalized spacial score (nSPS) is 14.6. The molecule has 126 valence electrons. The van der Waals surface area contributed by atoms with Crippen LogP contribution in [-0.2, 0) is 4.74 Å². The predicted octanol–water partition coefficient (Wildman–Crippen LogP) is 4.19. The molecule has 24 heavy (non-hydrogen) atoms. The average Bonchev–Trinajstić information content (AvgIpc) is 3.12. The molecule has 0 aromatic carbocycles. The highest BCUT2D eigenvalue weighted by molar-refractivity contribution is 5.95. The lowest BCUT2D eigenvalue weighted by Gasteiger charge is -2.12. The molecule has 1 aliphatic carbocycles. The highest BCUT2D eigenvalue weighted by atomic mass is 19.1. The molecule has 1 N–H and O–H groups in total. The van der Waals surface area contributed by atoms with Gasteiger partial charge in [-0.1, -0.05) is 12.8 Å². The number of ether oxygens (including phenoxy) is 1. The molecular formula is C18H20FN3O2. The Morgan fingerprint density at radius 3 is 2.75 bits per heavy atom. The first kappa shape index (κ1) is 16.4. The number of pyridine rings is 2. The van der Waals surface area contributed by atoms with Gasteiger partial charge < -0.3 is 10.1 Å². The minimum Gasteiger partial charge on any atom is -0.462 e. The molecule has 0 unspecified atom stereocenters. The lowest BCUT2D eigenvalue weighted by atomic mass is 10.0. The summed E-state index contributed by atoms with van der Waals surface area (Å²) in [7, 11) is 0. The van der Waals surface area contributed by atoms with E-state index in [0.717, 1.165) is 18.0 Å². The average molecular weight is 329 g/mol. The molecule has 0 atom stereocenters. The Labute approximate surface area is 140 Å². The van der Waals surface area contributed by atoms with Crippen LogP contribution in [0.5, 0.6) is 0 Å². The van der Waals surface area contributed by atoms with Crippen LogP contribution >= 0.6 is 0 Å². The van der Waals surface area contributed by atoms with Gasteiger partial charge in [0.25, 0.3) is 0 Å². The van der Waals surface area contributed by atoms with Gasteiger partial charge >= 0.3 is 5.97 Å². The van der Waals surface area contributed by atoms with Gasteiger partial charge in [0, 0.05) is 11.6 Å². The molecule has 1 saturated carbocycles. The van der Waals surface area contributed by atoms with Gasteiger partial charge in [0.1, 0.15) is 17.2 Å². The molecule has 0 bridgehead atoms. The van der Waals surface area contributed by atoms with Crippen molar-refractivity contribution < 1.29 is 13.9 Å². The van der Waals surface area contributed by atoms with Crippen LogP contribution in [0, 0.1) is 5.82 Å². The maximum absolute atomic E-state index is 13.4. The molecule has 2 aromatic rings. The van der Waals surface area contributed by atoms with Crippen molar-refractivity contribution in [3.05, 3.63) is 47.7 Å². The summed E-state index contributed by atoms with van der Waals surface area (Å²) in [6.07, 6.45) is 7.67. The zero-order valence-corrected chi connectivity index (χ0v) is 13.6. The number of esters is 1. The number of hydrogen-bond acceptors (Lipinski definition) is 5. The van der Waals surface area contributed by atoms with Gasteiger partial charge in [-0.25, -0.2) is 14.2 Å². The molecule has 2 aromatic heterocycles. The standard InChI is InChI=1S/C18H20FN3O2/c1-2-24-18(23)15-9-13(19)10-21-17(15)22-14-7-8-16(20-11-14)12-5-3-4-6-12/h7-12H,2-6H2,1H3,(H,21,22). The molecular weight excluding hydrogens is 309 g/mol. The van der Waals surface area contributed by atoms with Crippen LogP contribution in [0.15, 0.2) is 30.6 Å². The highest BCUT2D eigenvalue weighted by Gasteiger charge is 2.19. The first-order chi connectivity index (χ1) is 11.7. The Morgan fingerprint density at radius 1 is 1.29 bits per heavy atom. The van der Waals surface area contributed by atoms with Gasteiger partial charge in [-0.2, -0.15) is 0 Å². The first-order valence-electron chi connectivity index (χ1n) is 8.23. The molecule has 0 aliphatic heterocycles. The lowest BCUT2D eigenvalue weighted by Crippen LogP contribution is -2.10. The van der Waals surface area contributed by atoms with Crippen LogP contribution in [0.3, 0.4) is 0 Å². The number of carbonyl (C=O) groups excluding carboxylic acids is 1. The van der Waals surface area contributed by atoms with Crippen LogP contribution in [0.1, 0.15) is 54.6 Å². The minimum atomic E-state index is -0.609. The third-order valence-corrected chi connectivity index (χ3v) is 4.17. The Balaban J connectivity index is 1.79. The lowest BCUT2D eigenvalue weighted by molar-refractivity contribution is 0.0526. The van der Waals surface area contributed by atoms with Gasteiger partial charge in [-0.15, -0.1) is 0 Å². The van der Waals surface area contributed by atoms with E-state index in [0.29, 0.717) is 11.6 Å². The zero-order valence-electron chi connectivity index (χ0n) is 13.6. The SMILES string of the molecule is CCOC(=O)c1cc(F)cnc1Nc1ccc(C2CCCC2)nc1. The second-order valence-electron chi connectivity index (χ2n) is 5.85. The molecule has 2 heterocycles. The summed E-state index contributed by atoms with van der Waals surface area (Å²) in [5, 5.41) is 3.02. The van der Waals surface area contributed by atoms with Gasteiger partial charge in [0.05, 0.1) is 24.7 Å². The van der Waals surface area contributed by atoms with Crippen molar-refractivity contribution in [2.45, 2.75) is 38.5 Å². The fourth-order valence-corrected chi connectivity index (χ4v) is 2.98.